The van der Waals surface area contributed by atoms with Gasteiger partial charge in [0.25, 0.3) is 0 Å². The van der Waals surface area contributed by atoms with Crippen LogP contribution in [0.25, 0.3) is 0 Å². The van der Waals surface area contributed by atoms with E-state index in [1.807, 2.05) is 0 Å². The standard InChI is InChI=1S/C13H18N2O4/c1-8(16)12(14)13(18)15-7-10-5-3-4-6-11(10)19-9(2)17/h3-6,8,12,16H,7,14H2,1-2H3,(H,15,18). The van der Waals surface area contributed by atoms with Gasteiger partial charge in [-0.1, -0.05) is 18.2 Å². The van der Waals surface area contributed by atoms with Gasteiger partial charge in [0.05, 0.1) is 6.10 Å². The lowest BCUT2D eigenvalue weighted by atomic mass is 10.1. The van der Waals surface area contributed by atoms with E-state index in [-0.39, 0.29) is 6.54 Å². The Morgan fingerprint density at radius 1 is 1.42 bits per heavy atom. The first-order valence-electron chi connectivity index (χ1n) is 5.89. The third-order valence-corrected chi connectivity index (χ3v) is 2.50. The quantitative estimate of drug-likeness (QED) is 0.512. The van der Waals surface area contributed by atoms with Gasteiger partial charge in [-0.05, 0) is 13.0 Å². The van der Waals surface area contributed by atoms with Crippen LogP contribution in [-0.2, 0) is 16.1 Å². The summed E-state index contributed by atoms with van der Waals surface area (Å²) >= 11 is 0. The van der Waals surface area contributed by atoms with Gasteiger partial charge in [-0.3, -0.25) is 9.59 Å². The fourth-order valence-electron chi connectivity index (χ4n) is 1.42. The number of ether oxygens (including phenoxy) is 1. The van der Waals surface area contributed by atoms with E-state index in [1.54, 1.807) is 24.3 Å². The summed E-state index contributed by atoms with van der Waals surface area (Å²) in [6.07, 6.45) is -0.927. The number of carbonyl (C=O) groups excluding carboxylic acids is 2. The van der Waals surface area contributed by atoms with E-state index < -0.39 is 24.0 Å². The minimum absolute atomic E-state index is 0.169. The molecule has 0 saturated carbocycles. The maximum Gasteiger partial charge on any atom is 0.308 e. The summed E-state index contributed by atoms with van der Waals surface area (Å²) in [7, 11) is 0. The molecule has 1 aromatic rings. The molecule has 0 aromatic heterocycles. The van der Waals surface area contributed by atoms with Crippen molar-refractivity contribution in [1.29, 1.82) is 0 Å². The van der Waals surface area contributed by atoms with Crippen molar-refractivity contribution in [3.63, 3.8) is 0 Å². The molecule has 19 heavy (non-hydrogen) atoms. The molecule has 6 heteroatoms. The first kappa shape index (κ1) is 15.1. The molecule has 1 amide bonds. The number of aliphatic hydroxyl groups excluding tert-OH is 1. The van der Waals surface area contributed by atoms with Gasteiger partial charge in [-0.25, -0.2) is 0 Å². The zero-order valence-corrected chi connectivity index (χ0v) is 10.9. The van der Waals surface area contributed by atoms with E-state index in [1.165, 1.54) is 13.8 Å². The molecular weight excluding hydrogens is 248 g/mol. The molecule has 0 aliphatic rings. The molecule has 4 N–H and O–H groups in total. The highest BCUT2D eigenvalue weighted by atomic mass is 16.5. The molecule has 0 bridgehead atoms. The van der Waals surface area contributed by atoms with Crippen molar-refractivity contribution < 1.29 is 19.4 Å². The van der Waals surface area contributed by atoms with E-state index in [9.17, 15) is 14.7 Å². The van der Waals surface area contributed by atoms with E-state index in [0.29, 0.717) is 11.3 Å². The molecular formula is C13H18N2O4. The van der Waals surface area contributed by atoms with E-state index in [2.05, 4.69) is 5.32 Å². The number of nitrogens with two attached hydrogens (primary N) is 1. The maximum absolute atomic E-state index is 11.6. The Kier molecular flexibility index (Phi) is 5.47. The smallest absolute Gasteiger partial charge is 0.308 e. The second-order valence-corrected chi connectivity index (χ2v) is 4.19. The molecule has 0 aliphatic heterocycles. The number of rotatable bonds is 5. The van der Waals surface area contributed by atoms with Crippen LogP contribution in [0.3, 0.4) is 0 Å². The number of nitrogens with one attached hydrogen (secondary N) is 1. The molecule has 1 aromatic carbocycles. The van der Waals surface area contributed by atoms with E-state index >= 15 is 0 Å². The third kappa shape index (κ3) is 4.69. The predicted molar refractivity (Wildman–Crippen MR) is 69.3 cm³/mol. The van der Waals surface area contributed by atoms with Crippen molar-refractivity contribution in [3.05, 3.63) is 29.8 Å². The maximum atomic E-state index is 11.6. The molecule has 1 rings (SSSR count). The lowest BCUT2D eigenvalue weighted by Gasteiger charge is -2.15. The van der Waals surface area contributed by atoms with Crippen molar-refractivity contribution in [2.24, 2.45) is 5.73 Å². The fourth-order valence-corrected chi connectivity index (χ4v) is 1.42. The first-order valence-corrected chi connectivity index (χ1v) is 5.89. The number of aliphatic hydroxyl groups is 1. The molecule has 0 radical (unpaired) electrons. The van der Waals surface area contributed by atoms with Crippen LogP contribution < -0.4 is 15.8 Å². The number of hydrogen-bond donors (Lipinski definition) is 3. The van der Waals surface area contributed by atoms with Crippen LogP contribution >= 0.6 is 0 Å². The topological polar surface area (TPSA) is 102 Å². The number of amides is 1. The van der Waals surface area contributed by atoms with Crippen LogP contribution in [0.15, 0.2) is 24.3 Å². The average Bonchev–Trinajstić information content (AvgIpc) is 2.35. The Bertz CT molecular complexity index is 460. The van der Waals surface area contributed by atoms with Gasteiger partial charge in [0.15, 0.2) is 0 Å². The largest absolute Gasteiger partial charge is 0.426 e. The minimum atomic E-state index is -0.985. The van der Waals surface area contributed by atoms with Gasteiger partial charge >= 0.3 is 5.97 Å². The summed E-state index contributed by atoms with van der Waals surface area (Å²) in [5, 5.41) is 11.8. The summed E-state index contributed by atoms with van der Waals surface area (Å²) in [6, 6.07) is 5.87. The lowest BCUT2D eigenvalue weighted by Crippen LogP contribution is -2.46. The second-order valence-electron chi connectivity index (χ2n) is 4.19. The van der Waals surface area contributed by atoms with Crippen molar-refractivity contribution in [2.75, 3.05) is 0 Å². The van der Waals surface area contributed by atoms with E-state index in [4.69, 9.17) is 10.5 Å². The molecule has 6 nitrogen and oxygen atoms in total. The van der Waals surface area contributed by atoms with Crippen molar-refractivity contribution in [3.8, 4) is 5.75 Å². The first-order chi connectivity index (χ1) is 8.91. The van der Waals surface area contributed by atoms with Gasteiger partial charge in [0, 0.05) is 19.0 Å². The van der Waals surface area contributed by atoms with Gasteiger partial charge < -0.3 is 20.9 Å². The predicted octanol–water partition coefficient (Wildman–Crippen LogP) is -0.0638. The summed E-state index contributed by atoms with van der Waals surface area (Å²) in [5.74, 6) is -0.506. The molecule has 104 valence electrons. The molecule has 0 heterocycles. The summed E-state index contributed by atoms with van der Waals surface area (Å²) < 4.78 is 5.01. The molecule has 0 fully saturated rings. The summed E-state index contributed by atoms with van der Waals surface area (Å²) in [4.78, 5) is 22.5. The van der Waals surface area contributed by atoms with Crippen LogP contribution in [0.2, 0.25) is 0 Å². The Morgan fingerprint density at radius 2 is 2.05 bits per heavy atom. The van der Waals surface area contributed by atoms with Crippen LogP contribution in [0.1, 0.15) is 19.4 Å². The molecule has 2 unspecified atom stereocenters. The third-order valence-electron chi connectivity index (χ3n) is 2.50. The van der Waals surface area contributed by atoms with Crippen LogP contribution in [0.4, 0.5) is 0 Å². The van der Waals surface area contributed by atoms with Crippen molar-refractivity contribution >= 4 is 11.9 Å². The minimum Gasteiger partial charge on any atom is -0.426 e. The molecule has 0 saturated heterocycles. The highest BCUT2D eigenvalue weighted by Gasteiger charge is 2.18. The van der Waals surface area contributed by atoms with Gasteiger partial charge in [-0.15, -0.1) is 0 Å². The van der Waals surface area contributed by atoms with E-state index in [0.717, 1.165) is 0 Å². The molecule has 0 spiro atoms. The summed E-state index contributed by atoms with van der Waals surface area (Å²) in [6.45, 7) is 2.92. The number of esters is 1. The Labute approximate surface area is 111 Å². The van der Waals surface area contributed by atoms with Gasteiger partial charge in [0.1, 0.15) is 11.8 Å². The lowest BCUT2D eigenvalue weighted by molar-refractivity contribution is -0.131. The van der Waals surface area contributed by atoms with Crippen molar-refractivity contribution in [2.45, 2.75) is 32.5 Å². The highest BCUT2D eigenvalue weighted by Crippen LogP contribution is 2.17. The van der Waals surface area contributed by atoms with Crippen LogP contribution in [0.5, 0.6) is 5.75 Å². The van der Waals surface area contributed by atoms with Gasteiger partial charge in [0.2, 0.25) is 5.91 Å². The second kappa shape index (κ2) is 6.86. The fraction of sp³-hybridized carbons (Fsp3) is 0.385. The Balaban J connectivity index is 2.67. The Morgan fingerprint density at radius 3 is 2.63 bits per heavy atom. The monoisotopic (exact) mass is 266 g/mol. The molecule has 2 atom stereocenters. The zero-order chi connectivity index (χ0) is 14.4. The van der Waals surface area contributed by atoms with Crippen LogP contribution in [-0.4, -0.2) is 29.1 Å². The number of hydrogen-bond acceptors (Lipinski definition) is 5. The number of benzene rings is 1. The summed E-state index contributed by atoms with van der Waals surface area (Å²) in [5.41, 5.74) is 6.15. The average molecular weight is 266 g/mol. The normalized spacial score (nSPS) is 13.5. The SMILES string of the molecule is CC(=O)Oc1ccccc1CNC(=O)C(N)C(C)O. The van der Waals surface area contributed by atoms with Gasteiger partial charge in [-0.2, -0.15) is 0 Å². The highest BCUT2D eigenvalue weighted by molar-refractivity contribution is 5.82. The van der Waals surface area contributed by atoms with Crippen molar-refractivity contribution in [1.82, 2.24) is 5.32 Å². The Hall–Kier alpha value is -1.92. The molecule has 0 aliphatic carbocycles. The zero-order valence-electron chi connectivity index (χ0n) is 10.9. The number of carbonyl (C=O) groups is 2. The van der Waals surface area contributed by atoms with Crippen LogP contribution in [0, 0.1) is 0 Å². The number of para-hydroxylation sites is 1.